The van der Waals surface area contributed by atoms with Crippen molar-refractivity contribution in [3.05, 3.63) is 29.8 Å². The molecular weight excluding hydrogens is 226 g/mol. The number of nitrogens with two attached hydrogens (primary N) is 1. The molecule has 86 valence electrons. The van der Waals surface area contributed by atoms with Gasteiger partial charge >= 0.3 is 0 Å². The van der Waals surface area contributed by atoms with Crippen LogP contribution in [0.5, 0.6) is 0 Å². The normalized spacial score (nSPS) is 10.6. The monoisotopic (exact) mass is 239 g/mol. The molecule has 0 saturated heterocycles. The summed E-state index contributed by atoms with van der Waals surface area (Å²) in [6, 6.07) is 6.39. The lowest BCUT2D eigenvalue weighted by Gasteiger charge is -2.00. The molecule has 5 heteroatoms. The van der Waals surface area contributed by atoms with Crippen LogP contribution in [-0.4, -0.2) is 22.1 Å². The topological polar surface area (TPSA) is 69.4 Å². The van der Waals surface area contributed by atoms with Crippen LogP contribution >= 0.6 is 0 Å². The summed E-state index contributed by atoms with van der Waals surface area (Å²) < 4.78 is 27.3. The van der Waals surface area contributed by atoms with Crippen LogP contribution in [0, 0.1) is 11.8 Å². The van der Waals surface area contributed by atoms with E-state index in [0.717, 1.165) is 0 Å². The van der Waals surface area contributed by atoms with Crippen LogP contribution < -0.4 is 5.14 Å². The highest BCUT2D eigenvalue weighted by atomic mass is 32.2. The van der Waals surface area contributed by atoms with Gasteiger partial charge in [-0.3, -0.25) is 0 Å². The Morgan fingerprint density at radius 3 is 2.69 bits per heavy atom. The zero-order valence-corrected chi connectivity index (χ0v) is 9.75. The zero-order chi connectivity index (χ0) is 12.0. The molecule has 4 nitrogen and oxygen atoms in total. The molecule has 0 spiro atoms. The van der Waals surface area contributed by atoms with Crippen molar-refractivity contribution in [2.24, 2.45) is 5.14 Å². The van der Waals surface area contributed by atoms with E-state index < -0.39 is 10.0 Å². The first-order valence-electron chi connectivity index (χ1n) is 4.65. The molecule has 0 aromatic heterocycles. The van der Waals surface area contributed by atoms with E-state index >= 15 is 0 Å². The maximum Gasteiger partial charge on any atom is 0.239 e. The third-order valence-electron chi connectivity index (χ3n) is 1.85. The first-order chi connectivity index (χ1) is 7.55. The van der Waals surface area contributed by atoms with Gasteiger partial charge in [0.25, 0.3) is 0 Å². The molecule has 0 heterocycles. The van der Waals surface area contributed by atoms with Gasteiger partial charge in [0, 0.05) is 19.1 Å². The molecular formula is C11H13NO3S. The average molecular weight is 239 g/mol. The molecule has 0 saturated carbocycles. The molecule has 0 aliphatic heterocycles. The van der Waals surface area contributed by atoms with Crippen molar-refractivity contribution in [2.75, 3.05) is 13.7 Å². The molecule has 16 heavy (non-hydrogen) atoms. The first-order valence-corrected chi connectivity index (χ1v) is 6.20. The van der Waals surface area contributed by atoms with Crippen molar-refractivity contribution >= 4 is 10.0 Å². The second-order valence-electron chi connectivity index (χ2n) is 3.09. The van der Waals surface area contributed by atoms with Gasteiger partial charge in [0.05, 0.1) is 11.5 Å². The molecule has 0 radical (unpaired) electrons. The van der Waals surface area contributed by atoms with Crippen LogP contribution in [0.15, 0.2) is 29.2 Å². The van der Waals surface area contributed by atoms with Gasteiger partial charge < -0.3 is 4.74 Å². The fourth-order valence-corrected chi connectivity index (χ4v) is 1.82. The fraction of sp³-hybridized carbons (Fsp3) is 0.273. The van der Waals surface area contributed by atoms with Crippen LogP contribution in [0.25, 0.3) is 0 Å². The van der Waals surface area contributed by atoms with Gasteiger partial charge in [-0.15, -0.1) is 0 Å². The van der Waals surface area contributed by atoms with Crippen molar-refractivity contribution in [3.8, 4) is 11.8 Å². The molecule has 0 amide bonds. The van der Waals surface area contributed by atoms with Gasteiger partial charge in [-0.25, -0.2) is 13.6 Å². The van der Waals surface area contributed by atoms with Crippen LogP contribution in [0.4, 0.5) is 0 Å². The molecule has 0 fully saturated rings. The first kappa shape index (κ1) is 12.7. The van der Waals surface area contributed by atoms with Gasteiger partial charge in [0.2, 0.25) is 10.0 Å². The number of rotatable bonds is 3. The minimum atomic E-state index is -3.71. The summed E-state index contributed by atoms with van der Waals surface area (Å²) in [5, 5.41) is 5.07. The highest BCUT2D eigenvalue weighted by Gasteiger charge is 2.10. The standard InChI is InChI=1S/C11H13NO3S/c1-15-9-5-4-7-10-6-2-3-8-11(10)16(12,13)14/h2-3,6,8H,5,9H2,1H3,(H2,12,13,14). The van der Waals surface area contributed by atoms with E-state index in [1.165, 1.54) is 6.07 Å². The summed E-state index contributed by atoms with van der Waals surface area (Å²) in [6.45, 7) is 0.518. The summed E-state index contributed by atoms with van der Waals surface area (Å²) in [6.07, 6.45) is 0.551. The Balaban J connectivity index is 3.00. The number of sulfonamides is 1. The minimum Gasteiger partial charge on any atom is -0.384 e. The molecule has 1 rings (SSSR count). The summed E-state index contributed by atoms with van der Waals surface area (Å²) in [7, 11) is -2.13. The van der Waals surface area contributed by atoms with E-state index in [2.05, 4.69) is 11.8 Å². The van der Waals surface area contributed by atoms with E-state index in [1.807, 2.05) is 0 Å². The highest BCUT2D eigenvalue weighted by molar-refractivity contribution is 7.89. The molecule has 1 aromatic carbocycles. The minimum absolute atomic E-state index is 0.0555. The molecule has 2 N–H and O–H groups in total. The predicted octanol–water partition coefficient (Wildman–Crippen LogP) is 0.722. The Morgan fingerprint density at radius 2 is 2.06 bits per heavy atom. The lowest BCUT2D eigenvalue weighted by atomic mass is 10.2. The molecule has 0 atom stereocenters. The lowest BCUT2D eigenvalue weighted by molar-refractivity contribution is 0.206. The lowest BCUT2D eigenvalue weighted by Crippen LogP contribution is -2.13. The van der Waals surface area contributed by atoms with Crippen molar-refractivity contribution in [1.82, 2.24) is 0 Å². The number of methoxy groups -OCH3 is 1. The SMILES string of the molecule is COCCC#Cc1ccccc1S(N)(=O)=O. The Hall–Kier alpha value is -1.35. The van der Waals surface area contributed by atoms with Crippen LogP contribution in [0.1, 0.15) is 12.0 Å². The van der Waals surface area contributed by atoms with Gasteiger partial charge in [-0.1, -0.05) is 24.0 Å². The van der Waals surface area contributed by atoms with Crippen molar-refractivity contribution in [3.63, 3.8) is 0 Å². The maximum atomic E-state index is 11.2. The third-order valence-corrected chi connectivity index (χ3v) is 2.82. The van der Waals surface area contributed by atoms with E-state index in [1.54, 1.807) is 25.3 Å². The van der Waals surface area contributed by atoms with Gasteiger partial charge in [-0.2, -0.15) is 0 Å². The van der Waals surface area contributed by atoms with Crippen LogP contribution in [-0.2, 0) is 14.8 Å². The van der Waals surface area contributed by atoms with Gasteiger partial charge in [0.15, 0.2) is 0 Å². The van der Waals surface area contributed by atoms with E-state index in [9.17, 15) is 8.42 Å². The maximum absolute atomic E-state index is 11.2. The quantitative estimate of drug-likeness (QED) is 0.624. The fourth-order valence-electron chi connectivity index (χ4n) is 1.13. The number of ether oxygens (including phenoxy) is 1. The predicted molar refractivity (Wildman–Crippen MR) is 61.2 cm³/mol. The Morgan fingerprint density at radius 1 is 1.38 bits per heavy atom. The van der Waals surface area contributed by atoms with E-state index in [4.69, 9.17) is 9.88 Å². The second-order valence-corrected chi connectivity index (χ2v) is 4.62. The van der Waals surface area contributed by atoms with Crippen LogP contribution in [0.3, 0.4) is 0 Å². The van der Waals surface area contributed by atoms with E-state index in [0.29, 0.717) is 18.6 Å². The Kier molecular flexibility index (Phi) is 4.50. The number of primary sulfonamides is 1. The largest absolute Gasteiger partial charge is 0.384 e. The molecule has 0 aliphatic carbocycles. The average Bonchev–Trinajstić information content (AvgIpc) is 2.24. The zero-order valence-electron chi connectivity index (χ0n) is 8.93. The smallest absolute Gasteiger partial charge is 0.239 e. The van der Waals surface area contributed by atoms with Gasteiger partial charge in [-0.05, 0) is 12.1 Å². The van der Waals surface area contributed by atoms with E-state index in [-0.39, 0.29) is 4.90 Å². The van der Waals surface area contributed by atoms with Crippen molar-refractivity contribution < 1.29 is 13.2 Å². The molecule has 0 unspecified atom stereocenters. The second kappa shape index (κ2) is 5.66. The van der Waals surface area contributed by atoms with Crippen molar-refractivity contribution in [2.45, 2.75) is 11.3 Å². The van der Waals surface area contributed by atoms with Crippen LogP contribution in [0.2, 0.25) is 0 Å². The molecule has 1 aromatic rings. The third kappa shape index (κ3) is 3.66. The summed E-state index contributed by atoms with van der Waals surface area (Å²) in [5.74, 6) is 5.59. The molecule has 0 bridgehead atoms. The number of hydrogen-bond acceptors (Lipinski definition) is 3. The highest BCUT2D eigenvalue weighted by Crippen LogP contribution is 2.11. The number of hydrogen-bond donors (Lipinski definition) is 1. The van der Waals surface area contributed by atoms with Gasteiger partial charge in [0.1, 0.15) is 0 Å². The summed E-state index contributed by atoms with van der Waals surface area (Å²) >= 11 is 0. The summed E-state index contributed by atoms with van der Waals surface area (Å²) in [5.41, 5.74) is 0.418. The Labute approximate surface area is 95.5 Å². The number of benzene rings is 1. The van der Waals surface area contributed by atoms with Crippen molar-refractivity contribution in [1.29, 1.82) is 0 Å². The Bertz CT molecular complexity index is 512. The molecule has 0 aliphatic rings. The summed E-state index contributed by atoms with van der Waals surface area (Å²) in [4.78, 5) is 0.0555.